The van der Waals surface area contributed by atoms with Crippen LogP contribution in [0.25, 0.3) is 0 Å². The van der Waals surface area contributed by atoms with Crippen molar-refractivity contribution in [2.45, 2.75) is 203 Å². The molecule has 20 nitrogen and oxygen atoms in total. The van der Waals surface area contributed by atoms with Crippen molar-refractivity contribution in [3.63, 3.8) is 0 Å². The molecule has 25 atom stereocenters. The second-order valence-corrected chi connectivity index (χ2v) is 22.0. The van der Waals surface area contributed by atoms with Crippen molar-refractivity contribution in [3.05, 3.63) is 11.6 Å². The topological polar surface area (TPSA) is 321 Å². The Labute approximate surface area is 380 Å². The Morgan fingerprint density at radius 1 is 0.815 bits per heavy atom. The molecule has 0 spiro atoms. The van der Waals surface area contributed by atoms with Crippen LogP contribution in [-0.2, 0) is 43.0 Å². The molecule has 0 unspecified atom stereocenters. The first kappa shape index (κ1) is 51.8. The van der Waals surface area contributed by atoms with Crippen molar-refractivity contribution in [1.82, 2.24) is 0 Å². The SMILES string of the molecule is CC(C)CC[C@H](O)[C@@H](C)[C@H]1[C@@H](O[C@@H]2O[C@H](CO)[C@@H](O)[C@H](O)[C@H]2O)C[C@H]2[C@@H]3CC=C4C[C@@H](OS(=O)(=O)O)C[C@@H](O[C@@H]5OC[C@@H](O)[C@H](O)[C@H]5O[C@@H]5O[C@@H](C)[C@H](O)[C@@H](O)[C@H]5O)[C@]4(C)[C@H]3CC[C@]12C. The number of fused-ring (bicyclic) bond motifs is 5. The lowest BCUT2D eigenvalue weighted by atomic mass is 9.46. The molecule has 65 heavy (non-hydrogen) atoms. The minimum atomic E-state index is -4.92. The Balaban J connectivity index is 1.21. The van der Waals surface area contributed by atoms with Crippen LogP contribution in [0, 0.1) is 46.3 Å². The molecule has 11 N–H and O–H groups in total. The van der Waals surface area contributed by atoms with Gasteiger partial charge in [-0.15, -0.1) is 0 Å². The third-order valence-electron chi connectivity index (χ3n) is 16.7. The normalized spacial score (nSPS) is 50.2. The van der Waals surface area contributed by atoms with E-state index < -0.39 is 138 Å². The minimum absolute atomic E-state index is 0.0505. The standard InChI is InChI=1S/C44H74O20S/c1-18(2)7-10-26(46)19(3)31-28(60-41-38(54)36(52)34(50)29(16-45)61-41)15-25-23-9-8-21-13-22(64-65(55,56)57)14-30(44(21,6)24(23)11-12-43(25,31)5)62-42-39(33(49)27(47)17-58-42)63-40-37(53)35(51)32(48)20(4)59-40/h8,18-20,22-42,45-54H,7,9-17H2,1-6H3,(H,55,56,57)/t19-,20+,22-,23-,24+,25+,26+,27-,28+,29-,30-,31+,32+,33+,34-,35-,36+,37-,38-,39-,40+,41-,42+,43+,44+/m1/s1. The van der Waals surface area contributed by atoms with Crippen molar-refractivity contribution in [1.29, 1.82) is 0 Å². The molecule has 0 aromatic carbocycles. The Hall–Kier alpha value is -1.03. The van der Waals surface area contributed by atoms with Crippen LogP contribution < -0.4 is 0 Å². The predicted molar refractivity (Wildman–Crippen MR) is 224 cm³/mol. The number of hydrogen-bond donors (Lipinski definition) is 11. The average molecular weight is 955 g/mol. The molecule has 3 saturated heterocycles. The van der Waals surface area contributed by atoms with E-state index in [1.165, 1.54) is 6.92 Å². The molecule has 0 amide bonds. The number of hydrogen-bond acceptors (Lipinski definition) is 19. The van der Waals surface area contributed by atoms with Gasteiger partial charge >= 0.3 is 10.4 Å². The molecular weight excluding hydrogens is 881 g/mol. The zero-order chi connectivity index (χ0) is 47.7. The lowest BCUT2D eigenvalue weighted by Gasteiger charge is -2.60. The van der Waals surface area contributed by atoms with Gasteiger partial charge in [0, 0.05) is 11.8 Å². The fourth-order valence-corrected chi connectivity index (χ4v) is 13.5. The van der Waals surface area contributed by atoms with Crippen molar-refractivity contribution in [2.75, 3.05) is 13.2 Å². The highest BCUT2D eigenvalue weighted by atomic mass is 32.3. The second kappa shape index (κ2) is 20.0. The molecule has 6 fully saturated rings. The average Bonchev–Trinajstić information content (AvgIpc) is 3.54. The van der Waals surface area contributed by atoms with Gasteiger partial charge in [-0.1, -0.05) is 46.3 Å². The number of aliphatic hydroxyl groups excluding tert-OH is 10. The van der Waals surface area contributed by atoms with Crippen LogP contribution in [0.3, 0.4) is 0 Å². The highest BCUT2D eigenvalue weighted by molar-refractivity contribution is 7.80. The molecule has 3 saturated carbocycles. The number of aliphatic hydroxyl groups is 10. The third-order valence-corrected chi connectivity index (χ3v) is 17.2. The van der Waals surface area contributed by atoms with Crippen LogP contribution in [0.5, 0.6) is 0 Å². The van der Waals surface area contributed by atoms with E-state index in [0.717, 1.165) is 12.0 Å². The van der Waals surface area contributed by atoms with Gasteiger partial charge in [-0.3, -0.25) is 4.55 Å². The van der Waals surface area contributed by atoms with Crippen LogP contribution >= 0.6 is 0 Å². The van der Waals surface area contributed by atoms with Gasteiger partial charge in [-0.2, -0.15) is 8.42 Å². The summed E-state index contributed by atoms with van der Waals surface area (Å²) in [6.07, 6.45) is -18.5. The van der Waals surface area contributed by atoms with Gasteiger partial charge in [0.05, 0.1) is 43.7 Å². The fraction of sp³-hybridized carbons (Fsp3) is 0.955. The van der Waals surface area contributed by atoms with Crippen LogP contribution in [0.1, 0.15) is 92.9 Å². The molecule has 7 rings (SSSR count). The van der Waals surface area contributed by atoms with E-state index >= 15 is 0 Å². The summed E-state index contributed by atoms with van der Waals surface area (Å²) < 4.78 is 76.3. The van der Waals surface area contributed by atoms with Crippen molar-refractivity contribution < 1.29 is 96.6 Å². The maximum absolute atomic E-state index is 12.2. The van der Waals surface area contributed by atoms with E-state index in [0.29, 0.717) is 38.0 Å². The molecule has 4 aliphatic carbocycles. The Bertz CT molecular complexity index is 1750. The second-order valence-electron chi connectivity index (χ2n) is 21.0. The van der Waals surface area contributed by atoms with Gasteiger partial charge in [-0.25, -0.2) is 4.18 Å². The molecule has 376 valence electrons. The smallest absolute Gasteiger partial charge is 0.394 e. The van der Waals surface area contributed by atoms with Crippen molar-refractivity contribution >= 4 is 10.4 Å². The number of ether oxygens (including phenoxy) is 6. The predicted octanol–water partition coefficient (Wildman–Crippen LogP) is -0.732. The van der Waals surface area contributed by atoms with E-state index in [1.807, 2.05) is 13.8 Å². The van der Waals surface area contributed by atoms with E-state index in [4.69, 9.17) is 32.6 Å². The molecule has 0 aromatic heterocycles. The first-order valence-electron chi connectivity index (χ1n) is 23.4. The first-order chi connectivity index (χ1) is 30.4. The summed E-state index contributed by atoms with van der Waals surface area (Å²) in [5.74, 6) is -0.450. The molecule has 0 aromatic rings. The summed E-state index contributed by atoms with van der Waals surface area (Å²) in [4.78, 5) is 0. The molecule has 3 heterocycles. The summed E-state index contributed by atoms with van der Waals surface area (Å²) in [7, 11) is -4.92. The summed E-state index contributed by atoms with van der Waals surface area (Å²) in [5.41, 5.74) is -0.482. The zero-order valence-corrected chi connectivity index (χ0v) is 38.8. The van der Waals surface area contributed by atoms with E-state index in [1.54, 1.807) is 0 Å². The maximum Gasteiger partial charge on any atom is 0.397 e. The summed E-state index contributed by atoms with van der Waals surface area (Å²) >= 11 is 0. The van der Waals surface area contributed by atoms with Crippen LogP contribution in [0.4, 0.5) is 0 Å². The van der Waals surface area contributed by atoms with Gasteiger partial charge in [0.1, 0.15) is 61.0 Å². The van der Waals surface area contributed by atoms with E-state index in [9.17, 15) is 64.0 Å². The molecule has 0 radical (unpaired) electrons. The molecule has 3 aliphatic heterocycles. The summed E-state index contributed by atoms with van der Waals surface area (Å²) in [6, 6.07) is 0. The first-order valence-corrected chi connectivity index (χ1v) is 24.7. The quantitative estimate of drug-likeness (QED) is 0.0755. The molecule has 0 bridgehead atoms. The molecule has 7 aliphatic rings. The van der Waals surface area contributed by atoms with Gasteiger partial charge in [-0.05, 0) is 92.8 Å². The van der Waals surface area contributed by atoms with Gasteiger partial charge in [0.15, 0.2) is 18.9 Å². The van der Waals surface area contributed by atoms with Crippen LogP contribution in [-0.4, -0.2) is 188 Å². The van der Waals surface area contributed by atoms with E-state index in [2.05, 4.69) is 26.8 Å². The Morgan fingerprint density at radius 2 is 1.48 bits per heavy atom. The van der Waals surface area contributed by atoms with Gasteiger partial charge in [0.25, 0.3) is 0 Å². The van der Waals surface area contributed by atoms with Crippen LogP contribution in [0.2, 0.25) is 0 Å². The molecular formula is C44H74O20S. The summed E-state index contributed by atoms with van der Waals surface area (Å²) in [5, 5.41) is 108. The zero-order valence-electron chi connectivity index (χ0n) is 38.0. The lowest BCUT2D eigenvalue weighted by molar-refractivity contribution is -0.362. The Morgan fingerprint density at radius 3 is 2.12 bits per heavy atom. The minimum Gasteiger partial charge on any atom is -0.394 e. The third kappa shape index (κ3) is 10.0. The number of allylic oxidation sites excluding steroid dienone is 1. The monoisotopic (exact) mass is 954 g/mol. The summed E-state index contributed by atoms with van der Waals surface area (Å²) in [6.45, 7) is 10.9. The van der Waals surface area contributed by atoms with Crippen molar-refractivity contribution in [2.24, 2.45) is 46.3 Å². The Kier molecular flexibility index (Phi) is 15.9. The van der Waals surface area contributed by atoms with Crippen molar-refractivity contribution in [3.8, 4) is 0 Å². The number of rotatable bonds is 14. The largest absolute Gasteiger partial charge is 0.397 e. The van der Waals surface area contributed by atoms with Gasteiger partial charge in [0.2, 0.25) is 0 Å². The maximum atomic E-state index is 12.2. The van der Waals surface area contributed by atoms with E-state index in [-0.39, 0.29) is 49.0 Å². The van der Waals surface area contributed by atoms with Gasteiger partial charge < -0.3 is 79.5 Å². The highest BCUT2D eigenvalue weighted by Crippen LogP contribution is 2.68. The lowest BCUT2D eigenvalue weighted by Crippen LogP contribution is -2.63. The fourth-order valence-electron chi connectivity index (χ4n) is 13.0. The highest BCUT2D eigenvalue weighted by Gasteiger charge is 2.65. The van der Waals surface area contributed by atoms with Crippen LogP contribution in [0.15, 0.2) is 11.6 Å². The molecule has 21 heteroatoms.